The molecule has 6 rings (SSSR count). The largest absolute Gasteiger partial charge is 0.452 e. The summed E-state index contributed by atoms with van der Waals surface area (Å²) in [6, 6.07) is 61.4. The Labute approximate surface area is 285 Å². The van der Waals surface area contributed by atoms with Gasteiger partial charge in [-0.25, -0.2) is 4.79 Å². The third-order valence-electron chi connectivity index (χ3n) is 9.91. The lowest BCUT2D eigenvalue weighted by Crippen LogP contribution is -2.68. The molecule has 0 aromatic heterocycles. The Hall–Kier alpha value is -5.47. The van der Waals surface area contributed by atoms with Crippen LogP contribution in [0.4, 0.5) is 0 Å². The molecule has 0 heterocycles. The average Bonchev–Trinajstić information content (AvgIpc) is 3.15. The van der Waals surface area contributed by atoms with Gasteiger partial charge in [-0.2, -0.15) is 0 Å². The van der Waals surface area contributed by atoms with Crippen LogP contribution in [0.1, 0.15) is 59.2 Å². The second kappa shape index (κ2) is 13.7. The number of benzene rings is 6. The van der Waals surface area contributed by atoms with E-state index in [1.54, 1.807) is 6.92 Å². The van der Waals surface area contributed by atoms with E-state index >= 15 is 0 Å². The van der Waals surface area contributed by atoms with Crippen LogP contribution in [0.3, 0.4) is 0 Å². The standard InChI is InChI=1S/C46H42O2/c1-5-44(48-43(47)35(2)3,45(37-24-11-6-12-25-37,38-26-13-7-14-27-38)39-28-15-8-16-29-39)46(40-30-17-9-18-31-40,41-32-19-10-20-33-41)42-34-22-21-23-36(42)4/h6-34H,2,5H2,1,3-4H3. The van der Waals surface area contributed by atoms with Gasteiger partial charge in [-0.1, -0.05) is 189 Å². The highest BCUT2D eigenvalue weighted by atomic mass is 16.6. The number of ether oxygens (including phenoxy) is 1. The number of carbonyl (C=O) groups excluding carboxylic acids is 1. The SMILES string of the molecule is C=C(C)C(=O)OC(CC)(C(c1ccccc1)(c1ccccc1)c1ccccc1)C(c1ccccc1)(c1ccccc1)c1ccccc1C. The first-order chi connectivity index (χ1) is 23.4. The van der Waals surface area contributed by atoms with Crippen molar-refractivity contribution >= 4 is 5.97 Å². The predicted molar refractivity (Wildman–Crippen MR) is 197 cm³/mol. The molecular weight excluding hydrogens is 585 g/mol. The van der Waals surface area contributed by atoms with Crippen molar-refractivity contribution in [1.29, 1.82) is 0 Å². The molecule has 6 aromatic rings. The number of rotatable bonds is 11. The molecule has 2 heteroatoms. The van der Waals surface area contributed by atoms with Crippen molar-refractivity contribution in [1.82, 2.24) is 0 Å². The van der Waals surface area contributed by atoms with Crippen molar-refractivity contribution in [2.75, 3.05) is 0 Å². The van der Waals surface area contributed by atoms with Crippen LogP contribution in [0.5, 0.6) is 0 Å². The van der Waals surface area contributed by atoms with Gasteiger partial charge in [-0.15, -0.1) is 0 Å². The second-order valence-electron chi connectivity index (χ2n) is 12.5. The van der Waals surface area contributed by atoms with Gasteiger partial charge >= 0.3 is 5.97 Å². The molecule has 48 heavy (non-hydrogen) atoms. The summed E-state index contributed by atoms with van der Waals surface area (Å²) in [5.41, 5.74) is 4.19. The summed E-state index contributed by atoms with van der Waals surface area (Å²) >= 11 is 0. The summed E-state index contributed by atoms with van der Waals surface area (Å²) in [6.45, 7) is 10.2. The summed E-state index contributed by atoms with van der Waals surface area (Å²) in [7, 11) is 0. The fraction of sp³-hybridized carbons (Fsp3) is 0.152. The molecule has 6 aromatic carbocycles. The molecule has 0 aliphatic heterocycles. The third-order valence-corrected chi connectivity index (χ3v) is 9.91. The maximum Gasteiger partial charge on any atom is 0.333 e. The zero-order chi connectivity index (χ0) is 33.6. The van der Waals surface area contributed by atoms with E-state index in [0.717, 1.165) is 38.9 Å². The molecule has 0 aliphatic rings. The van der Waals surface area contributed by atoms with Crippen molar-refractivity contribution in [3.05, 3.63) is 227 Å². The third kappa shape index (κ3) is 5.09. The quantitative estimate of drug-likeness (QED) is 0.0813. The first-order valence-corrected chi connectivity index (χ1v) is 16.7. The lowest BCUT2D eigenvalue weighted by atomic mass is 9.45. The van der Waals surface area contributed by atoms with Crippen LogP contribution in [0, 0.1) is 6.92 Å². The first kappa shape index (κ1) is 32.5. The fourth-order valence-corrected chi connectivity index (χ4v) is 8.08. The minimum atomic E-state index is -1.32. The number of carbonyl (C=O) groups is 1. The van der Waals surface area contributed by atoms with Gasteiger partial charge in [0.25, 0.3) is 0 Å². The number of hydrogen-bond donors (Lipinski definition) is 0. The summed E-state index contributed by atoms with van der Waals surface area (Å²) in [5.74, 6) is -0.436. The van der Waals surface area contributed by atoms with E-state index in [1.807, 2.05) is 30.3 Å². The summed E-state index contributed by atoms with van der Waals surface area (Å²) < 4.78 is 7.42. The van der Waals surface area contributed by atoms with Gasteiger partial charge in [0.1, 0.15) is 5.60 Å². The molecule has 2 nitrogen and oxygen atoms in total. The maximum absolute atomic E-state index is 14.6. The maximum atomic E-state index is 14.6. The zero-order valence-electron chi connectivity index (χ0n) is 28.0. The van der Waals surface area contributed by atoms with Crippen LogP contribution in [0.15, 0.2) is 188 Å². The molecule has 0 saturated heterocycles. The van der Waals surface area contributed by atoms with Gasteiger partial charge in [-0.3, -0.25) is 0 Å². The second-order valence-corrected chi connectivity index (χ2v) is 12.5. The Morgan fingerprint density at radius 1 is 0.521 bits per heavy atom. The summed E-state index contributed by atoms with van der Waals surface area (Å²) in [6.07, 6.45) is 0.447. The van der Waals surface area contributed by atoms with E-state index in [2.05, 4.69) is 166 Å². The van der Waals surface area contributed by atoms with E-state index in [9.17, 15) is 4.79 Å². The van der Waals surface area contributed by atoms with Crippen molar-refractivity contribution in [2.45, 2.75) is 43.6 Å². The lowest BCUT2D eigenvalue weighted by molar-refractivity contribution is -0.168. The first-order valence-electron chi connectivity index (χ1n) is 16.7. The van der Waals surface area contributed by atoms with Gasteiger partial charge in [0.15, 0.2) is 0 Å². The van der Waals surface area contributed by atoms with Crippen molar-refractivity contribution in [3.63, 3.8) is 0 Å². The van der Waals surface area contributed by atoms with Gasteiger partial charge < -0.3 is 4.74 Å². The van der Waals surface area contributed by atoms with Crippen LogP contribution < -0.4 is 0 Å². The Morgan fingerprint density at radius 2 is 0.833 bits per heavy atom. The van der Waals surface area contributed by atoms with Crippen molar-refractivity contribution in [3.8, 4) is 0 Å². The van der Waals surface area contributed by atoms with Gasteiger partial charge in [-0.05, 0) is 59.2 Å². The Morgan fingerprint density at radius 3 is 1.15 bits per heavy atom. The molecular formula is C46H42O2. The van der Waals surface area contributed by atoms with Crippen molar-refractivity contribution < 1.29 is 9.53 Å². The van der Waals surface area contributed by atoms with Gasteiger partial charge in [0.05, 0.1) is 10.8 Å². The predicted octanol–water partition coefficient (Wildman–Crippen LogP) is 10.6. The molecule has 0 N–H and O–H groups in total. The van der Waals surface area contributed by atoms with Gasteiger partial charge in [0.2, 0.25) is 0 Å². The van der Waals surface area contributed by atoms with E-state index in [4.69, 9.17) is 4.74 Å². The Balaban J connectivity index is 1.99. The van der Waals surface area contributed by atoms with E-state index in [1.165, 1.54) is 0 Å². The molecule has 0 saturated carbocycles. The molecule has 0 amide bonds. The monoisotopic (exact) mass is 626 g/mol. The number of aryl methyl sites for hydroxylation is 1. The highest BCUT2D eigenvalue weighted by Crippen LogP contribution is 2.63. The molecule has 1 atom stereocenters. The minimum absolute atomic E-state index is 0.343. The minimum Gasteiger partial charge on any atom is -0.452 e. The zero-order valence-corrected chi connectivity index (χ0v) is 28.0. The molecule has 0 radical (unpaired) electrons. The molecule has 0 bridgehead atoms. The van der Waals surface area contributed by atoms with Crippen LogP contribution in [0.25, 0.3) is 0 Å². The van der Waals surface area contributed by atoms with Crippen LogP contribution in [-0.4, -0.2) is 11.6 Å². The highest BCUT2D eigenvalue weighted by Gasteiger charge is 2.69. The van der Waals surface area contributed by atoms with E-state index < -0.39 is 22.4 Å². The number of hydrogen-bond acceptors (Lipinski definition) is 2. The van der Waals surface area contributed by atoms with E-state index in [0.29, 0.717) is 12.0 Å². The lowest BCUT2D eigenvalue weighted by Gasteiger charge is -2.60. The average molecular weight is 627 g/mol. The Bertz CT molecular complexity index is 1830. The normalized spacial score (nSPS) is 12.9. The topological polar surface area (TPSA) is 26.3 Å². The van der Waals surface area contributed by atoms with Crippen LogP contribution in [-0.2, 0) is 20.4 Å². The Kier molecular flexibility index (Phi) is 9.28. The van der Waals surface area contributed by atoms with Gasteiger partial charge in [0, 0.05) is 5.57 Å². The van der Waals surface area contributed by atoms with E-state index in [-0.39, 0.29) is 0 Å². The summed E-state index contributed by atoms with van der Waals surface area (Å²) in [4.78, 5) is 14.6. The fourth-order valence-electron chi connectivity index (χ4n) is 8.08. The highest BCUT2D eigenvalue weighted by molar-refractivity contribution is 5.88. The molecule has 1 unspecified atom stereocenters. The molecule has 0 fully saturated rings. The molecule has 238 valence electrons. The smallest absolute Gasteiger partial charge is 0.333 e. The van der Waals surface area contributed by atoms with Crippen LogP contribution >= 0.6 is 0 Å². The van der Waals surface area contributed by atoms with Crippen molar-refractivity contribution in [2.24, 2.45) is 0 Å². The summed E-state index contributed by atoms with van der Waals surface area (Å²) in [5, 5.41) is 0. The number of esters is 1. The van der Waals surface area contributed by atoms with Crippen LogP contribution in [0.2, 0.25) is 0 Å². The molecule has 0 spiro atoms. The molecule has 0 aliphatic carbocycles.